The smallest absolute Gasteiger partial charge is 0.228 e. The monoisotopic (exact) mass is 288 g/mol. The van der Waals surface area contributed by atoms with Crippen LogP contribution in [0.4, 0.5) is 5.69 Å². The fourth-order valence-corrected chi connectivity index (χ4v) is 2.04. The third kappa shape index (κ3) is 5.76. The van der Waals surface area contributed by atoms with E-state index in [0.29, 0.717) is 6.54 Å². The molecule has 2 N–H and O–H groups in total. The first-order valence-corrected chi connectivity index (χ1v) is 7.10. The second kappa shape index (κ2) is 9.25. The Bertz CT molecular complexity index is 357. The summed E-state index contributed by atoms with van der Waals surface area (Å²) in [7, 11) is 1.85. The van der Waals surface area contributed by atoms with Gasteiger partial charge in [-0.25, -0.2) is 0 Å². The summed E-state index contributed by atoms with van der Waals surface area (Å²) >= 11 is 1.79. The third-order valence-corrected chi connectivity index (χ3v) is 3.11. The van der Waals surface area contributed by atoms with E-state index in [1.54, 1.807) is 11.8 Å². The molecule has 1 rings (SSSR count). The first-order valence-electron chi connectivity index (χ1n) is 5.70. The lowest BCUT2D eigenvalue weighted by Gasteiger charge is -2.11. The van der Waals surface area contributed by atoms with Crippen molar-refractivity contribution < 1.29 is 4.79 Å². The molecule has 0 aliphatic carbocycles. The van der Waals surface area contributed by atoms with Crippen LogP contribution in [-0.4, -0.2) is 25.8 Å². The van der Waals surface area contributed by atoms with Crippen molar-refractivity contribution in [1.29, 1.82) is 0 Å². The van der Waals surface area contributed by atoms with Crippen molar-refractivity contribution in [3.8, 4) is 0 Å². The van der Waals surface area contributed by atoms with Gasteiger partial charge in [0.15, 0.2) is 0 Å². The van der Waals surface area contributed by atoms with Crippen LogP contribution in [0.5, 0.6) is 0 Å². The Labute approximate surface area is 120 Å². The molecule has 5 heteroatoms. The summed E-state index contributed by atoms with van der Waals surface area (Å²) in [6.45, 7) is 2.60. The number of benzene rings is 1. The highest BCUT2D eigenvalue weighted by Gasteiger charge is 2.11. The van der Waals surface area contributed by atoms with Gasteiger partial charge in [0.1, 0.15) is 0 Å². The van der Waals surface area contributed by atoms with E-state index in [9.17, 15) is 4.79 Å². The number of thioether (sulfide) groups is 1. The van der Waals surface area contributed by atoms with Crippen LogP contribution in [0, 0.1) is 5.92 Å². The molecule has 0 heterocycles. The maximum atomic E-state index is 11.8. The number of carbonyl (C=O) groups excluding carboxylic acids is 1. The number of amides is 1. The van der Waals surface area contributed by atoms with E-state index in [1.807, 2.05) is 26.1 Å². The van der Waals surface area contributed by atoms with Gasteiger partial charge in [-0.3, -0.25) is 4.79 Å². The second-order valence-electron chi connectivity index (χ2n) is 4.08. The highest BCUT2D eigenvalue weighted by Crippen LogP contribution is 2.14. The van der Waals surface area contributed by atoms with E-state index in [-0.39, 0.29) is 24.2 Å². The van der Waals surface area contributed by atoms with E-state index < -0.39 is 0 Å². The fraction of sp³-hybridized carbons (Fsp3) is 0.462. The highest BCUT2D eigenvalue weighted by molar-refractivity contribution is 7.97. The molecule has 0 spiro atoms. The van der Waals surface area contributed by atoms with Crippen LogP contribution < -0.4 is 10.6 Å². The van der Waals surface area contributed by atoms with Gasteiger partial charge in [-0.05, 0) is 31.0 Å². The van der Waals surface area contributed by atoms with Crippen LogP contribution in [0.3, 0.4) is 0 Å². The molecule has 1 amide bonds. The molecule has 0 aliphatic rings. The average Bonchev–Trinajstić information content (AvgIpc) is 2.32. The van der Waals surface area contributed by atoms with Crippen LogP contribution in [-0.2, 0) is 10.5 Å². The van der Waals surface area contributed by atoms with Crippen LogP contribution in [0.25, 0.3) is 0 Å². The summed E-state index contributed by atoms with van der Waals surface area (Å²) in [4.78, 5) is 11.8. The van der Waals surface area contributed by atoms with Crippen LogP contribution >= 0.6 is 24.2 Å². The maximum absolute atomic E-state index is 11.8. The Hall–Kier alpha value is -0.710. The van der Waals surface area contributed by atoms with Gasteiger partial charge in [-0.1, -0.05) is 19.1 Å². The van der Waals surface area contributed by atoms with Crippen molar-refractivity contribution in [2.45, 2.75) is 12.7 Å². The molecule has 1 atom stereocenters. The molecule has 0 radical (unpaired) electrons. The molecular formula is C13H21ClN2OS. The number of carbonyl (C=O) groups is 1. The van der Waals surface area contributed by atoms with E-state index in [1.165, 1.54) is 5.56 Å². The Balaban J connectivity index is 0.00000289. The molecule has 0 bridgehead atoms. The lowest BCUT2D eigenvalue weighted by molar-refractivity contribution is -0.119. The summed E-state index contributed by atoms with van der Waals surface area (Å²) in [5.41, 5.74) is 2.14. The Kier molecular flexibility index (Phi) is 8.89. The molecule has 3 nitrogen and oxygen atoms in total. The van der Waals surface area contributed by atoms with Gasteiger partial charge in [0, 0.05) is 23.9 Å². The number of rotatable bonds is 6. The number of hydrogen-bond acceptors (Lipinski definition) is 3. The third-order valence-electron chi connectivity index (χ3n) is 2.49. The average molecular weight is 289 g/mol. The van der Waals surface area contributed by atoms with Gasteiger partial charge >= 0.3 is 0 Å². The molecule has 0 saturated carbocycles. The fourth-order valence-electron chi connectivity index (χ4n) is 1.52. The standard InChI is InChI=1S/C13H20N2OS.ClH/c1-10(8-14-2)13(16)15-12-6-4-11(5-7-12)9-17-3;/h4-7,10,14H,8-9H2,1-3H3,(H,15,16);1H. The zero-order valence-corrected chi connectivity index (χ0v) is 12.7. The van der Waals surface area contributed by atoms with Gasteiger partial charge in [0.05, 0.1) is 0 Å². The van der Waals surface area contributed by atoms with Crippen molar-refractivity contribution in [3.05, 3.63) is 29.8 Å². The van der Waals surface area contributed by atoms with Gasteiger partial charge in [-0.2, -0.15) is 11.8 Å². The summed E-state index contributed by atoms with van der Waals surface area (Å²) in [5.74, 6) is 1.03. The molecule has 102 valence electrons. The minimum absolute atomic E-state index is 0. The lowest BCUT2D eigenvalue weighted by Crippen LogP contribution is -2.28. The Morgan fingerprint density at radius 2 is 1.94 bits per heavy atom. The largest absolute Gasteiger partial charge is 0.326 e. The van der Waals surface area contributed by atoms with Crippen LogP contribution in [0.2, 0.25) is 0 Å². The maximum Gasteiger partial charge on any atom is 0.228 e. The summed E-state index contributed by atoms with van der Waals surface area (Å²) in [6, 6.07) is 8.01. The quantitative estimate of drug-likeness (QED) is 0.846. The van der Waals surface area contributed by atoms with Gasteiger partial charge in [-0.15, -0.1) is 12.4 Å². The topological polar surface area (TPSA) is 41.1 Å². The van der Waals surface area contributed by atoms with E-state index in [2.05, 4.69) is 29.0 Å². The lowest BCUT2D eigenvalue weighted by atomic mass is 10.1. The van der Waals surface area contributed by atoms with Gasteiger partial charge < -0.3 is 10.6 Å². The van der Waals surface area contributed by atoms with E-state index in [4.69, 9.17) is 0 Å². The van der Waals surface area contributed by atoms with Gasteiger partial charge in [0.2, 0.25) is 5.91 Å². The Morgan fingerprint density at radius 1 is 1.33 bits per heavy atom. The molecule has 18 heavy (non-hydrogen) atoms. The minimum atomic E-state index is -0.0223. The summed E-state index contributed by atoms with van der Waals surface area (Å²) in [5, 5.41) is 5.91. The first-order chi connectivity index (χ1) is 8.17. The second-order valence-corrected chi connectivity index (χ2v) is 4.94. The summed E-state index contributed by atoms with van der Waals surface area (Å²) in [6.07, 6.45) is 2.08. The van der Waals surface area contributed by atoms with Crippen molar-refractivity contribution in [3.63, 3.8) is 0 Å². The predicted octanol–water partition coefficient (Wildman–Crippen LogP) is 2.77. The predicted molar refractivity (Wildman–Crippen MR) is 82.6 cm³/mol. The SMILES string of the molecule is CNCC(C)C(=O)Nc1ccc(CSC)cc1.Cl. The summed E-state index contributed by atoms with van der Waals surface area (Å²) < 4.78 is 0. The first kappa shape index (κ1) is 17.3. The number of halogens is 1. The molecule has 1 unspecified atom stereocenters. The molecular weight excluding hydrogens is 268 g/mol. The van der Waals surface area contributed by atoms with Gasteiger partial charge in [0.25, 0.3) is 0 Å². The molecule has 0 saturated heterocycles. The zero-order chi connectivity index (χ0) is 12.7. The zero-order valence-electron chi connectivity index (χ0n) is 11.0. The van der Waals surface area contributed by atoms with Crippen molar-refractivity contribution in [2.75, 3.05) is 25.2 Å². The normalized spacial score (nSPS) is 11.5. The highest BCUT2D eigenvalue weighted by atomic mass is 35.5. The molecule has 0 aliphatic heterocycles. The van der Waals surface area contributed by atoms with Crippen molar-refractivity contribution in [2.24, 2.45) is 5.92 Å². The number of hydrogen-bond donors (Lipinski definition) is 2. The number of nitrogens with one attached hydrogen (secondary N) is 2. The molecule has 1 aromatic carbocycles. The molecule has 0 fully saturated rings. The van der Waals surface area contributed by atoms with Crippen molar-refractivity contribution in [1.82, 2.24) is 5.32 Å². The van der Waals surface area contributed by atoms with E-state index >= 15 is 0 Å². The molecule has 0 aromatic heterocycles. The van der Waals surface area contributed by atoms with E-state index in [0.717, 1.165) is 11.4 Å². The van der Waals surface area contributed by atoms with Crippen LogP contribution in [0.15, 0.2) is 24.3 Å². The van der Waals surface area contributed by atoms with Crippen molar-refractivity contribution >= 4 is 35.8 Å². The van der Waals surface area contributed by atoms with Crippen LogP contribution in [0.1, 0.15) is 12.5 Å². The number of anilines is 1. The Morgan fingerprint density at radius 3 is 2.44 bits per heavy atom. The minimum Gasteiger partial charge on any atom is -0.326 e. The molecule has 1 aromatic rings.